The third-order valence-corrected chi connectivity index (χ3v) is 5.16. The fourth-order valence-electron chi connectivity index (χ4n) is 3.50. The Kier molecular flexibility index (Phi) is 7.67. The van der Waals surface area contributed by atoms with E-state index in [0.717, 1.165) is 22.6 Å². The van der Waals surface area contributed by atoms with Crippen molar-refractivity contribution in [2.45, 2.75) is 34.0 Å². The van der Waals surface area contributed by atoms with Crippen LogP contribution in [0.4, 0.5) is 5.69 Å². The number of para-hydroxylation sites is 1. The molecule has 9 heteroatoms. The summed E-state index contributed by atoms with van der Waals surface area (Å²) >= 11 is 0. The Bertz CT molecular complexity index is 1280. The summed E-state index contributed by atoms with van der Waals surface area (Å²) in [5.41, 5.74) is 2.91. The molecule has 0 unspecified atom stereocenters. The van der Waals surface area contributed by atoms with Crippen molar-refractivity contribution in [3.8, 4) is 17.2 Å². The van der Waals surface area contributed by atoms with Gasteiger partial charge in [-0.1, -0.05) is 24.3 Å². The van der Waals surface area contributed by atoms with Gasteiger partial charge in [-0.15, -0.1) is 0 Å². The van der Waals surface area contributed by atoms with E-state index in [-0.39, 0.29) is 12.6 Å². The van der Waals surface area contributed by atoms with Crippen molar-refractivity contribution in [3.05, 3.63) is 83.9 Å². The summed E-state index contributed by atoms with van der Waals surface area (Å²) in [6.45, 7) is 7.70. The maximum absolute atomic E-state index is 12.6. The zero-order valence-corrected chi connectivity index (χ0v) is 20.1. The minimum atomic E-state index is -0.320. The minimum Gasteiger partial charge on any atom is -0.490 e. The van der Waals surface area contributed by atoms with E-state index in [9.17, 15) is 4.79 Å². The number of nitrogens with one attached hydrogen (secondary N) is 1. The second-order valence-electron chi connectivity index (χ2n) is 7.81. The van der Waals surface area contributed by atoms with Gasteiger partial charge < -0.3 is 19.5 Å². The lowest BCUT2D eigenvalue weighted by molar-refractivity contribution is 0.102. The molecule has 4 aromatic rings. The van der Waals surface area contributed by atoms with Gasteiger partial charge in [-0.3, -0.25) is 9.48 Å². The van der Waals surface area contributed by atoms with Gasteiger partial charge in [0.15, 0.2) is 23.9 Å². The van der Waals surface area contributed by atoms with E-state index in [1.165, 1.54) is 0 Å². The van der Waals surface area contributed by atoms with Crippen LogP contribution in [-0.2, 0) is 13.3 Å². The Labute approximate surface area is 204 Å². The quantitative estimate of drug-likeness (QED) is 0.343. The molecule has 4 rings (SSSR count). The van der Waals surface area contributed by atoms with Crippen LogP contribution in [0.1, 0.15) is 35.5 Å². The van der Waals surface area contributed by atoms with Crippen LogP contribution in [0.2, 0.25) is 0 Å². The molecule has 0 bridgehead atoms. The molecule has 0 aliphatic carbocycles. The molecule has 0 saturated carbocycles. The molecule has 0 aliphatic rings. The molecule has 0 aliphatic heterocycles. The largest absolute Gasteiger partial charge is 0.490 e. The van der Waals surface area contributed by atoms with Gasteiger partial charge in [0.05, 0.1) is 31.6 Å². The van der Waals surface area contributed by atoms with E-state index in [2.05, 4.69) is 15.5 Å². The Balaban J connectivity index is 1.35. The summed E-state index contributed by atoms with van der Waals surface area (Å²) in [6, 6.07) is 15.2. The van der Waals surface area contributed by atoms with Crippen LogP contribution in [-0.4, -0.2) is 38.7 Å². The van der Waals surface area contributed by atoms with Gasteiger partial charge in [0, 0.05) is 12.4 Å². The van der Waals surface area contributed by atoms with Gasteiger partial charge in [-0.05, 0) is 56.2 Å². The Morgan fingerprint density at radius 3 is 2.54 bits per heavy atom. The van der Waals surface area contributed by atoms with E-state index < -0.39 is 0 Å². The first-order chi connectivity index (χ1) is 17.1. The molecule has 2 aromatic carbocycles. The Morgan fingerprint density at radius 1 is 0.943 bits per heavy atom. The smallest absolute Gasteiger partial charge is 0.276 e. The molecule has 0 atom stereocenters. The molecule has 1 N–H and O–H groups in total. The summed E-state index contributed by atoms with van der Waals surface area (Å²) in [7, 11) is 0. The molecule has 1 amide bonds. The van der Waals surface area contributed by atoms with Crippen molar-refractivity contribution in [2.75, 3.05) is 18.5 Å². The predicted molar refractivity (Wildman–Crippen MR) is 132 cm³/mol. The first-order valence-electron chi connectivity index (χ1n) is 11.5. The number of carbonyl (C=O) groups excluding carboxylic acids is 1. The Hall–Kier alpha value is -4.27. The fraction of sp³-hybridized carbons (Fsp3) is 0.269. The third kappa shape index (κ3) is 6.20. The summed E-state index contributed by atoms with van der Waals surface area (Å²) in [6.07, 6.45) is 5.08. The van der Waals surface area contributed by atoms with Crippen molar-refractivity contribution >= 4 is 11.6 Å². The number of ether oxygens (including phenoxy) is 3. The van der Waals surface area contributed by atoms with Crippen LogP contribution >= 0.6 is 0 Å². The zero-order chi connectivity index (χ0) is 24.6. The summed E-state index contributed by atoms with van der Waals surface area (Å²) in [5, 5.41) is 11.5. The van der Waals surface area contributed by atoms with Crippen LogP contribution in [0, 0.1) is 6.92 Å². The highest BCUT2D eigenvalue weighted by Crippen LogP contribution is 2.29. The monoisotopic (exact) mass is 475 g/mol. The summed E-state index contributed by atoms with van der Waals surface area (Å²) in [4.78, 5) is 12.6. The first-order valence-corrected chi connectivity index (χ1v) is 11.5. The van der Waals surface area contributed by atoms with Gasteiger partial charge in [-0.2, -0.15) is 10.2 Å². The van der Waals surface area contributed by atoms with Gasteiger partial charge in [0.1, 0.15) is 5.75 Å². The van der Waals surface area contributed by atoms with Crippen LogP contribution in [0.3, 0.4) is 0 Å². The number of anilines is 1. The maximum atomic E-state index is 12.6. The van der Waals surface area contributed by atoms with E-state index in [0.29, 0.717) is 36.9 Å². The predicted octanol–water partition coefficient (Wildman–Crippen LogP) is 4.52. The molecule has 2 heterocycles. The number of carbonyl (C=O) groups is 1. The average Bonchev–Trinajstić information content (AvgIpc) is 3.50. The van der Waals surface area contributed by atoms with Gasteiger partial charge in [0.2, 0.25) is 0 Å². The lowest BCUT2D eigenvalue weighted by Gasteiger charge is -2.12. The van der Waals surface area contributed by atoms with Crippen LogP contribution in [0.5, 0.6) is 17.2 Å². The van der Waals surface area contributed by atoms with E-state index in [4.69, 9.17) is 14.2 Å². The van der Waals surface area contributed by atoms with Gasteiger partial charge in [-0.25, -0.2) is 4.68 Å². The molecule has 9 nitrogen and oxygen atoms in total. The highest BCUT2D eigenvalue weighted by atomic mass is 16.5. The van der Waals surface area contributed by atoms with Crippen molar-refractivity contribution in [2.24, 2.45) is 0 Å². The van der Waals surface area contributed by atoms with Crippen molar-refractivity contribution in [1.29, 1.82) is 0 Å². The molecule has 35 heavy (non-hydrogen) atoms. The molecule has 0 saturated heterocycles. The number of aromatic nitrogens is 4. The number of amides is 1. The number of hydrogen-bond acceptors (Lipinski definition) is 6. The second kappa shape index (κ2) is 11.2. The second-order valence-corrected chi connectivity index (χ2v) is 7.81. The van der Waals surface area contributed by atoms with Crippen LogP contribution in [0.15, 0.2) is 67.1 Å². The van der Waals surface area contributed by atoms with E-state index in [1.807, 2.05) is 63.2 Å². The minimum absolute atomic E-state index is 0.210. The number of rotatable bonds is 11. The highest BCUT2D eigenvalue weighted by molar-refractivity contribution is 6.02. The standard InChI is InChI=1S/C26H29N5O4/c1-4-33-24-11-10-20(14-25(24)34-5-2)16-31-17-21(15-27-31)28-26(32)22-12-13-30(29-22)18-35-23-9-7-6-8-19(23)3/h6-15,17H,4-5,16,18H2,1-3H3,(H,28,32). The summed E-state index contributed by atoms with van der Waals surface area (Å²) < 4.78 is 20.4. The maximum Gasteiger partial charge on any atom is 0.276 e. The number of benzene rings is 2. The van der Waals surface area contributed by atoms with Crippen molar-refractivity contribution < 1.29 is 19.0 Å². The van der Waals surface area contributed by atoms with Gasteiger partial charge in [0.25, 0.3) is 5.91 Å². The van der Waals surface area contributed by atoms with Gasteiger partial charge >= 0.3 is 0 Å². The zero-order valence-electron chi connectivity index (χ0n) is 20.1. The molecule has 0 radical (unpaired) electrons. The molecule has 0 fully saturated rings. The Morgan fingerprint density at radius 2 is 1.74 bits per heavy atom. The normalized spacial score (nSPS) is 10.7. The topological polar surface area (TPSA) is 92.4 Å². The molecule has 182 valence electrons. The lowest BCUT2D eigenvalue weighted by Crippen LogP contribution is -2.14. The number of aryl methyl sites for hydroxylation is 1. The van der Waals surface area contributed by atoms with Crippen molar-refractivity contribution in [3.63, 3.8) is 0 Å². The first kappa shape index (κ1) is 23.9. The van der Waals surface area contributed by atoms with E-state index >= 15 is 0 Å². The molecular weight excluding hydrogens is 446 g/mol. The molecular formula is C26H29N5O4. The molecule has 0 spiro atoms. The number of hydrogen-bond donors (Lipinski definition) is 1. The fourth-order valence-corrected chi connectivity index (χ4v) is 3.50. The average molecular weight is 476 g/mol. The highest BCUT2D eigenvalue weighted by Gasteiger charge is 2.12. The lowest BCUT2D eigenvalue weighted by atomic mass is 10.2. The molecule has 2 aromatic heterocycles. The van der Waals surface area contributed by atoms with Crippen molar-refractivity contribution in [1.82, 2.24) is 19.6 Å². The van der Waals surface area contributed by atoms with Crippen LogP contribution in [0.25, 0.3) is 0 Å². The van der Waals surface area contributed by atoms with E-state index in [1.54, 1.807) is 34.0 Å². The summed E-state index contributed by atoms with van der Waals surface area (Å²) in [5.74, 6) is 1.88. The number of nitrogens with zero attached hydrogens (tertiary/aromatic N) is 4. The third-order valence-electron chi connectivity index (χ3n) is 5.16. The SMILES string of the molecule is CCOc1ccc(Cn2cc(NC(=O)c3ccn(COc4ccccc4C)n3)cn2)cc1OCC. The van der Waals surface area contributed by atoms with Crippen LogP contribution < -0.4 is 19.5 Å².